The number of benzene rings is 1. The molecule has 0 spiro atoms. The van der Waals surface area contributed by atoms with Gasteiger partial charge in [-0.05, 0) is 38.1 Å². The molecule has 9 nitrogen and oxygen atoms in total. The third kappa shape index (κ3) is 4.18. The van der Waals surface area contributed by atoms with Crippen molar-refractivity contribution in [2.45, 2.75) is 24.8 Å². The zero-order valence-electron chi connectivity index (χ0n) is 12.9. The molecule has 0 amide bonds. The van der Waals surface area contributed by atoms with Crippen molar-refractivity contribution in [2.24, 2.45) is 4.99 Å². The van der Waals surface area contributed by atoms with Crippen molar-refractivity contribution < 1.29 is 13.5 Å². The van der Waals surface area contributed by atoms with Crippen LogP contribution in [0.1, 0.15) is 19.4 Å². The minimum atomic E-state index is -3.60. The summed E-state index contributed by atoms with van der Waals surface area (Å²) in [6, 6.07) is 5.40. The first-order valence-electron chi connectivity index (χ1n) is 6.91. The van der Waals surface area contributed by atoms with Crippen LogP contribution in [0.5, 0.6) is 5.88 Å². The number of aromatic amines is 2. The van der Waals surface area contributed by atoms with Gasteiger partial charge in [0.25, 0.3) is 5.56 Å². The minimum absolute atomic E-state index is 0.0832. The fourth-order valence-electron chi connectivity index (χ4n) is 1.83. The maximum Gasteiger partial charge on any atom is 0.328 e. The normalized spacial score (nSPS) is 12.1. The van der Waals surface area contributed by atoms with E-state index in [4.69, 9.17) is 0 Å². The number of aromatic nitrogens is 2. The molecule has 128 valence electrons. The van der Waals surface area contributed by atoms with Gasteiger partial charge in [-0.15, -0.1) is 0 Å². The van der Waals surface area contributed by atoms with Crippen LogP contribution in [0.4, 0.5) is 5.69 Å². The monoisotopic (exact) mass is 352 g/mol. The van der Waals surface area contributed by atoms with Crippen LogP contribution in [0, 0.1) is 0 Å². The Balaban J connectivity index is 2.27. The number of H-pyrrole nitrogens is 2. The zero-order chi connectivity index (χ0) is 17.9. The van der Waals surface area contributed by atoms with Gasteiger partial charge in [0.05, 0.1) is 10.6 Å². The molecule has 4 N–H and O–H groups in total. The number of rotatable bonds is 5. The summed E-state index contributed by atoms with van der Waals surface area (Å²) in [6.07, 6.45) is 1.07. The molecule has 1 aromatic carbocycles. The van der Waals surface area contributed by atoms with E-state index in [1.807, 2.05) is 9.97 Å². The lowest BCUT2D eigenvalue weighted by molar-refractivity contribution is 0.447. The van der Waals surface area contributed by atoms with Crippen LogP contribution in [0.2, 0.25) is 0 Å². The maximum atomic E-state index is 12.0. The molecular weight excluding hydrogens is 336 g/mol. The largest absolute Gasteiger partial charge is 0.494 e. The number of aliphatic imine (C=N–C) groups is 1. The molecule has 1 aromatic heterocycles. The summed E-state index contributed by atoms with van der Waals surface area (Å²) in [5.74, 6) is -0.604. The van der Waals surface area contributed by atoms with Crippen LogP contribution in [0.3, 0.4) is 0 Å². The topological polar surface area (TPSA) is 144 Å². The first-order chi connectivity index (χ1) is 11.2. The molecule has 2 rings (SSSR count). The van der Waals surface area contributed by atoms with Gasteiger partial charge in [0.15, 0.2) is 0 Å². The van der Waals surface area contributed by atoms with Gasteiger partial charge in [-0.2, -0.15) is 0 Å². The van der Waals surface area contributed by atoms with Gasteiger partial charge >= 0.3 is 5.69 Å². The fraction of sp³-hybridized carbons (Fsp3) is 0.214. The molecule has 24 heavy (non-hydrogen) atoms. The van der Waals surface area contributed by atoms with E-state index in [-0.39, 0.29) is 16.5 Å². The molecule has 0 radical (unpaired) electrons. The maximum absolute atomic E-state index is 12.0. The Morgan fingerprint density at radius 3 is 2.33 bits per heavy atom. The number of hydrogen-bond acceptors (Lipinski definition) is 6. The van der Waals surface area contributed by atoms with Crippen molar-refractivity contribution >= 4 is 21.9 Å². The number of hydrogen-bond donors (Lipinski definition) is 4. The van der Waals surface area contributed by atoms with E-state index in [0.29, 0.717) is 5.69 Å². The molecule has 0 bridgehead atoms. The number of sulfonamides is 1. The Bertz CT molecular complexity index is 971. The molecular formula is C14H16N4O5S. The van der Waals surface area contributed by atoms with E-state index in [0.717, 1.165) is 6.21 Å². The second kappa shape index (κ2) is 6.81. The molecule has 0 saturated heterocycles. The van der Waals surface area contributed by atoms with Gasteiger partial charge < -0.3 is 5.11 Å². The van der Waals surface area contributed by atoms with Crippen LogP contribution >= 0.6 is 0 Å². The number of nitrogens with one attached hydrogen (secondary N) is 3. The van der Waals surface area contributed by atoms with Crippen LogP contribution in [0.15, 0.2) is 43.7 Å². The summed E-state index contributed by atoms with van der Waals surface area (Å²) in [5, 5.41) is 9.53. The Hall–Kier alpha value is -2.72. The summed E-state index contributed by atoms with van der Waals surface area (Å²) < 4.78 is 26.4. The van der Waals surface area contributed by atoms with E-state index < -0.39 is 27.2 Å². The summed E-state index contributed by atoms with van der Waals surface area (Å²) in [6.45, 7) is 3.43. The van der Waals surface area contributed by atoms with E-state index in [1.165, 1.54) is 24.3 Å². The highest BCUT2D eigenvalue weighted by Crippen LogP contribution is 2.17. The predicted molar refractivity (Wildman–Crippen MR) is 88.5 cm³/mol. The Kier molecular flexibility index (Phi) is 5.00. The lowest BCUT2D eigenvalue weighted by atomic mass is 10.3. The Labute approximate surface area is 137 Å². The third-order valence-electron chi connectivity index (χ3n) is 2.84. The Morgan fingerprint density at radius 1 is 1.17 bits per heavy atom. The average molecular weight is 352 g/mol. The molecule has 0 aliphatic heterocycles. The number of aromatic hydroxyl groups is 1. The van der Waals surface area contributed by atoms with E-state index >= 15 is 0 Å². The smallest absolute Gasteiger partial charge is 0.328 e. The summed E-state index contributed by atoms with van der Waals surface area (Å²) in [5.41, 5.74) is -1.47. The van der Waals surface area contributed by atoms with Crippen LogP contribution < -0.4 is 16.0 Å². The van der Waals surface area contributed by atoms with Crippen molar-refractivity contribution in [2.75, 3.05) is 0 Å². The van der Waals surface area contributed by atoms with Crippen molar-refractivity contribution in [3.05, 3.63) is 50.7 Å². The summed E-state index contributed by atoms with van der Waals surface area (Å²) in [4.78, 5) is 30.6. The van der Waals surface area contributed by atoms with Crippen LogP contribution in [-0.2, 0) is 10.0 Å². The molecule has 0 saturated carbocycles. The van der Waals surface area contributed by atoms with Gasteiger partial charge in [-0.1, -0.05) is 0 Å². The first-order valence-corrected chi connectivity index (χ1v) is 8.39. The van der Waals surface area contributed by atoms with E-state index in [2.05, 4.69) is 9.71 Å². The molecule has 0 fully saturated rings. The zero-order valence-corrected chi connectivity index (χ0v) is 13.7. The first kappa shape index (κ1) is 17.6. The highest BCUT2D eigenvalue weighted by molar-refractivity contribution is 7.89. The van der Waals surface area contributed by atoms with Gasteiger partial charge in [0, 0.05) is 12.3 Å². The highest BCUT2D eigenvalue weighted by atomic mass is 32.2. The SMILES string of the molecule is CC(C)NS(=O)(=O)c1ccc(N=Cc2c(O)[nH]c(=O)[nH]c2=O)cc1. The average Bonchev–Trinajstić information content (AvgIpc) is 2.45. The predicted octanol–water partition coefficient (Wildman–Crippen LogP) is 0.206. The molecule has 0 aliphatic rings. The van der Waals surface area contributed by atoms with Crippen LogP contribution in [-0.4, -0.2) is 35.7 Å². The molecule has 0 aliphatic carbocycles. The molecule has 10 heteroatoms. The molecule has 1 heterocycles. The second-order valence-corrected chi connectivity index (χ2v) is 6.91. The van der Waals surface area contributed by atoms with Gasteiger partial charge in [-0.25, -0.2) is 17.9 Å². The van der Waals surface area contributed by atoms with Crippen molar-refractivity contribution in [1.29, 1.82) is 0 Å². The molecule has 2 aromatic rings. The van der Waals surface area contributed by atoms with Crippen molar-refractivity contribution in [3.63, 3.8) is 0 Å². The van der Waals surface area contributed by atoms with Crippen LogP contribution in [0.25, 0.3) is 0 Å². The minimum Gasteiger partial charge on any atom is -0.494 e. The van der Waals surface area contributed by atoms with Gasteiger partial charge in [0.1, 0.15) is 5.56 Å². The van der Waals surface area contributed by atoms with Crippen molar-refractivity contribution in [1.82, 2.24) is 14.7 Å². The summed E-state index contributed by atoms with van der Waals surface area (Å²) >= 11 is 0. The second-order valence-electron chi connectivity index (χ2n) is 5.20. The number of nitrogens with zero attached hydrogens (tertiary/aromatic N) is 1. The Morgan fingerprint density at radius 2 is 1.79 bits per heavy atom. The lowest BCUT2D eigenvalue weighted by Gasteiger charge is -2.09. The van der Waals surface area contributed by atoms with E-state index in [1.54, 1.807) is 13.8 Å². The van der Waals surface area contributed by atoms with Gasteiger partial charge in [0.2, 0.25) is 15.9 Å². The van der Waals surface area contributed by atoms with Crippen molar-refractivity contribution in [3.8, 4) is 5.88 Å². The van der Waals surface area contributed by atoms with E-state index in [9.17, 15) is 23.1 Å². The molecule has 0 atom stereocenters. The lowest BCUT2D eigenvalue weighted by Crippen LogP contribution is -2.30. The van der Waals surface area contributed by atoms with Gasteiger partial charge in [-0.3, -0.25) is 19.8 Å². The fourth-order valence-corrected chi connectivity index (χ4v) is 3.08. The standard InChI is InChI=1S/C14H16N4O5S/c1-8(2)18-24(22,23)10-5-3-9(4-6-10)15-7-11-12(19)16-14(21)17-13(11)20/h3-8,18H,1-2H3,(H3,16,17,19,20,21). The highest BCUT2D eigenvalue weighted by Gasteiger charge is 2.14. The molecule has 0 unspecified atom stereocenters. The quantitative estimate of drug-likeness (QED) is 0.568. The third-order valence-corrected chi connectivity index (χ3v) is 4.51. The summed E-state index contributed by atoms with van der Waals surface area (Å²) in [7, 11) is -3.60.